The van der Waals surface area contributed by atoms with Crippen LogP contribution in [0, 0.1) is 13.8 Å². The predicted octanol–water partition coefficient (Wildman–Crippen LogP) is 4.50. The Bertz CT molecular complexity index is 974. The first kappa shape index (κ1) is 21.4. The van der Waals surface area contributed by atoms with Gasteiger partial charge >= 0.3 is 5.97 Å². The van der Waals surface area contributed by atoms with Crippen LogP contribution in [0.5, 0.6) is 5.75 Å². The standard InChI is InChI=1S/C25H28N2O3/c1-18-16-26-24(19(2)23(18)29-4)27(3)22(15-20-11-7-5-8-12-20)25(28)30-17-21-13-9-6-10-14-21/h5-14,16,22H,15,17H2,1-4H3/t22-/m1/s1. The SMILES string of the molecule is COc1c(C)cnc(N(C)[C@H](Cc2ccccc2)C(=O)OCc2ccccc2)c1C. The van der Waals surface area contributed by atoms with E-state index in [9.17, 15) is 4.79 Å². The number of aromatic nitrogens is 1. The fraction of sp³-hybridized carbons (Fsp3) is 0.280. The highest BCUT2D eigenvalue weighted by atomic mass is 16.5. The minimum absolute atomic E-state index is 0.239. The lowest BCUT2D eigenvalue weighted by molar-refractivity contribution is -0.146. The van der Waals surface area contributed by atoms with Crippen molar-refractivity contribution in [3.8, 4) is 5.75 Å². The van der Waals surface area contributed by atoms with Gasteiger partial charge in [-0.25, -0.2) is 9.78 Å². The number of carbonyl (C=O) groups excluding carboxylic acids is 1. The smallest absolute Gasteiger partial charge is 0.329 e. The second-order valence-corrected chi connectivity index (χ2v) is 7.33. The molecule has 0 radical (unpaired) electrons. The Morgan fingerprint density at radius 2 is 1.60 bits per heavy atom. The Morgan fingerprint density at radius 1 is 1.00 bits per heavy atom. The van der Waals surface area contributed by atoms with Gasteiger partial charge in [-0.1, -0.05) is 60.7 Å². The maximum Gasteiger partial charge on any atom is 0.329 e. The average molecular weight is 405 g/mol. The van der Waals surface area contributed by atoms with Gasteiger partial charge in [0.05, 0.1) is 7.11 Å². The third-order valence-corrected chi connectivity index (χ3v) is 5.19. The number of esters is 1. The maximum atomic E-state index is 13.1. The molecule has 5 heteroatoms. The van der Waals surface area contributed by atoms with Gasteiger partial charge in [0.1, 0.15) is 24.2 Å². The lowest BCUT2D eigenvalue weighted by Crippen LogP contribution is -2.42. The summed E-state index contributed by atoms with van der Waals surface area (Å²) in [6, 6.07) is 19.1. The molecule has 3 rings (SSSR count). The van der Waals surface area contributed by atoms with Crippen LogP contribution in [0.25, 0.3) is 0 Å². The van der Waals surface area contributed by atoms with Crippen LogP contribution in [0.2, 0.25) is 0 Å². The van der Waals surface area contributed by atoms with Crippen LogP contribution in [0.1, 0.15) is 22.3 Å². The van der Waals surface area contributed by atoms with Crippen LogP contribution in [-0.2, 0) is 22.6 Å². The highest BCUT2D eigenvalue weighted by Gasteiger charge is 2.28. The van der Waals surface area contributed by atoms with Crippen LogP contribution >= 0.6 is 0 Å². The van der Waals surface area contributed by atoms with Gasteiger partial charge in [0.15, 0.2) is 0 Å². The molecule has 156 valence electrons. The lowest BCUT2D eigenvalue weighted by Gasteiger charge is -2.29. The van der Waals surface area contributed by atoms with E-state index in [1.54, 1.807) is 13.3 Å². The van der Waals surface area contributed by atoms with E-state index in [2.05, 4.69) is 4.98 Å². The number of ether oxygens (including phenoxy) is 2. The molecule has 5 nitrogen and oxygen atoms in total. The average Bonchev–Trinajstić information content (AvgIpc) is 2.77. The summed E-state index contributed by atoms with van der Waals surface area (Å²) in [5, 5.41) is 0. The topological polar surface area (TPSA) is 51.7 Å². The quantitative estimate of drug-likeness (QED) is 0.518. The van der Waals surface area contributed by atoms with E-state index in [0.717, 1.165) is 28.0 Å². The molecular weight excluding hydrogens is 376 g/mol. The zero-order valence-corrected chi connectivity index (χ0v) is 18.0. The van der Waals surface area contributed by atoms with Crippen LogP contribution in [0.15, 0.2) is 66.9 Å². The van der Waals surface area contributed by atoms with Crippen molar-refractivity contribution >= 4 is 11.8 Å². The fourth-order valence-corrected chi connectivity index (χ4v) is 3.57. The Morgan fingerprint density at radius 3 is 2.20 bits per heavy atom. The molecule has 0 aliphatic carbocycles. The zero-order chi connectivity index (χ0) is 21.5. The Kier molecular flexibility index (Phi) is 7.07. The minimum Gasteiger partial charge on any atom is -0.496 e. The summed E-state index contributed by atoms with van der Waals surface area (Å²) in [6.07, 6.45) is 2.29. The Hall–Kier alpha value is -3.34. The molecule has 0 fully saturated rings. The number of aryl methyl sites for hydroxylation is 1. The van der Waals surface area contributed by atoms with Crippen LogP contribution in [-0.4, -0.2) is 31.2 Å². The van der Waals surface area contributed by atoms with Gasteiger partial charge in [-0.15, -0.1) is 0 Å². The molecule has 0 unspecified atom stereocenters. The van der Waals surface area contributed by atoms with E-state index >= 15 is 0 Å². The van der Waals surface area contributed by atoms with Crippen molar-refractivity contribution in [2.45, 2.75) is 32.9 Å². The summed E-state index contributed by atoms with van der Waals surface area (Å²) in [7, 11) is 3.52. The van der Waals surface area contributed by atoms with E-state index in [1.165, 1.54) is 0 Å². The molecule has 3 aromatic rings. The van der Waals surface area contributed by atoms with Crippen LogP contribution in [0.3, 0.4) is 0 Å². The molecule has 0 N–H and O–H groups in total. The van der Waals surface area contributed by atoms with Gasteiger partial charge < -0.3 is 14.4 Å². The molecule has 30 heavy (non-hydrogen) atoms. The summed E-state index contributed by atoms with van der Waals surface area (Å²) in [5.41, 5.74) is 3.87. The molecule has 1 heterocycles. The predicted molar refractivity (Wildman–Crippen MR) is 119 cm³/mol. The van der Waals surface area contributed by atoms with E-state index in [1.807, 2.05) is 86.5 Å². The van der Waals surface area contributed by atoms with Crippen molar-refractivity contribution in [2.75, 3.05) is 19.1 Å². The molecule has 2 aromatic carbocycles. The number of methoxy groups -OCH3 is 1. The van der Waals surface area contributed by atoms with Gasteiger partial charge in [-0.05, 0) is 25.0 Å². The molecule has 0 spiro atoms. The number of pyridine rings is 1. The van der Waals surface area contributed by atoms with E-state index in [4.69, 9.17) is 9.47 Å². The minimum atomic E-state index is -0.519. The maximum absolute atomic E-state index is 13.1. The summed E-state index contributed by atoms with van der Waals surface area (Å²) >= 11 is 0. The van der Waals surface area contributed by atoms with Crippen molar-refractivity contribution < 1.29 is 14.3 Å². The molecule has 1 atom stereocenters. The normalized spacial score (nSPS) is 11.6. The Balaban J connectivity index is 1.87. The molecule has 0 bridgehead atoms. The second kappa shape index (κ2) is 9.92. The van der Waals surface area contributed by atoms with Crippen molar-refractivity contribution in [2.24, 2.45) is 0 Å². The molecule has 0 aliphatic heterocycles. The summed E-state index contributed by atoms with van der Waals surface area (Å²) in [4.78, 5) is 19.6. The van der Waals surface area contributed by atoms with Gasteiger partial charge in [0, 0.05) is 30.8 Å². The monoisotopic (exact) mass is 404 g/mol. The van der Waals surface area contributed by atoms with Gasteiger partial charge in [-0.3, -0.25) is 0 Å². The van der Waals surface area contributed by atoms with E-state index in [-0.39, 0.29) is 12.6 Å². The van der Waals surface area contributed by atoms with Crippen molar-refractivity contribution in [3.63, 3.8) is 0 Å². The summed E-state index contributed by atoms with van der Waals surface area (Å²) in [5.74, 6) is 1.20. The van der Waals surface area contributed by atoms with Crippen molar-refractivity contribution in [3.05, 3.63) is 89.1 Å². The Labute approximate surface area is 178 Å². The van der Waals surface area contributed by atoms with E-state index in [0.29, 0.717) is 12.2 Å². The van der Waals surface area contributed by atoms with Crippen LogP contribution in [0.4, 0.5) is 5.82 Å². The zero-order valence-electron chi connectivity index (χ0n) is 18.0. The van der Waals surface area contributed by atoms with Crippen LogP contribution < -0.4 is 9.64 Å². The second-order valence-electron chi connectivity index (χ2n) is 7.33. The number of hydrogen-bond acceptors (Lipinski definition) is 5. The third-order valence-electron chi connectivity index (χ3n) is 5.19. The van der Waals surface area contributed by atoms with Crippen molar-refractivity contribution in [1.82, 2.24) is 4.98 Å². The highest BCUT2D eigenvalue weighted by Crippen LogP contribution is 2.30. The number of rotatable bonds is 8. The molecule has 0 amide bonds. The largest absolute Gasteiger partial charge is 0.496 e. The number of hydrogen-bond donors (Lipinski definition) is 0. The van der Waals surface area contributed by atoms with E-state index < -0.39 is 6.04 Å². The number of nitrogens with zero attached hydrogens (tertiary/aromatic N) is 2. The van der Waals surface area contributed by atoms with Crippen molar-refractivity contribution in [1.29, 1.82) is 0 Å². The molecule has 0 saturated heterocycles. The lowest BCUT2D eigenvalue weighted by atomic mass is 10.0. The number of carbonyl (C=O) groups is 1. The molecular formula is C25H28N2O3. The number of likely N-dealkylation sites (N-methyl/N-ethyl adjacent to an activating group) is 1. The molecule has 0 saturated carbocycles. The summed E-state index contributed by atoms with van der Waals surface area (Å²) in [6.45, 7) is 4.15. The fourth-order valence-electron chi connectivity index (χ4n) is 3.57. The van der Waals surface area contributed by atoms with Gasteiger partial charge in [0.2, 0.25) is 0 Å². The first-order valence-corrected chi connectivity index (χ1v) is 9.98. The highest BCUT2D eigenvalue weighted by molar-refractivity contribution is 5.80. The molecule has 1 aromatic heterocycles. The van der Waals surface area contributed by atoms with Gasteiger partial charge in [-0.2, -0.15) is 0 Å². The first-order valence-electron chi connectivity index (χ1n) is 9.98. The molecule has 0 aliphatic rings. The van der Waals surface area contributed by atoms with Gasteiger partial charge in [0.25, 0.3) is 0 Å². The number of benzene rings is 2. The third kappa shape index (κ3) is 4.98. The summed E-state index contributed by atoms with van der Waals surface area (Å²) < 4.78 is 11.2. The number of anilines is 1. The first-order chi connectivity index (χ1) is 14.5.